The number of rotatable bonds is 5. The number of carbonyl (C=O) groups is 1. The second kappa shape index (κ2) is 7.74. The van der Waals surface area contributed by atoms with Crippen molar-refractivity contribution in [1.82, 2.24) is 9.80 Å². The van der Waals surface area contributed by atoms with Gasteiger partial charge in [-0.1, -0.05) is 24.8 Å². The van der Waals surface area contributed by atoms with Crippen LogP contribution in [0.1, 0.15) is 19.3 Å². The minimum Gasteiger partial charge on any atom is -0.445 e. The number of thiol groups is 1. The SMILES string of the molecule is C=CCOC(=O)N1CC(S)CC1C=CCN1CCCC1. The smallest absolute Gasteiger partial charge is 0.410 e. The average Bonchev–Trinajstić information content (AvgIpc) is 3.06. The van der Waals surface area contributed by atoms with Crippen molar-refractivity contribution in [3.8, 4) is 0 Å². The summed E-state index contributed by atoms with van der Waals surface area (Å²) in [7, 11) is 0. The van der Waals surface area contributed by atoms with Gasteiger partial charge in [0.2, 0.25) is 0 Å². The van der Waals surface area contributed by atoms with Gasteiger partial charge in [0.15, 0.2) is 0 Å². The highest BCUT2D eigenvalue weighted by atomic mass is 32.1. The number of carbonyl (C=O) groups excluding carboxylic acids is 1. The highest BCUT2D eigenvalue weighted by Crippen LogP contribution is 2.23. The van der Waals surface area contributed by atoms with Crippen molar-refractivity contribution in [3.05, 3.63) is 24.8 Å². The number of amides is 1. The number of nitrogens with zero attached hydrogens (tertiary/aromatic N) is 2. The molecule has 0 aromatic heterocycles. The zero-order valence-corrected chi connectivity index (χ0v) is 12.8. The van der Waals surface area contributed by atoms with Crippen molar-refractivity contribution in [2.75, 3.05) is 32.8 Å². The van der Waals surface area contributed by atoms with Crippen molar-refractivity contribution >= 4 is 18.7 Å². The predicted octanol–water partition coefficient (Wildman–Crippen LogP) is 2.33. The van der Waals surface area contributed by atoms with Crippen LogP contribution in [0.5, 0.6) is 0 Å². The van der Waals surface area contributed by atoms with Gasteiger partial charge in [-0.3, -0.25) is 4.90 Å². The van der Waals surface area contributed by atoms with E-state index in [1.54, 1.807) is 11.0 Å². The third-order valence-corrected chi connectivity index (χ3v) is 4.18. The third kappa shape index (κ3) is 4.28. The summed E-state index contributed by atoms with van der Waals surface area (Å²) in [5, 5.41) is 0.229. The van der Waals surface area contributed by atoms with E-state index < -0.39 is 0 Å². The minimum atomic E-state index is -0.266. The van der Waals surface area contributed by atoms with Gasteiger partial charge in [0.1, 0.15) is 6.61 Å². The molecule has 2 aliphatic rings. The van der Waals surface area contributed by atoms with Gasteiger partial charge in [0.05, 0.1) is 6.04 Å². The first-order chi connectivity index (χ1) is 9.70. The molecule has 4 nitrogen and oxygen atoms in total. The summed E-state index contributed by atoms with van der Waals surface area (Å²) < 4.78 is 5.12. The van der Waals surface area contributed by atoms with Gasteiger partial charge in [-0.25, -0.2) is 4.79 Å². The lowest BCUT2D eigenvalue weighted by molar-refractivity contribution is 0.114. The molecule has 0 N–H and O–H groups in total. The van der Waals surface area contributed by atoms with Crippen LogP contribution in [-0.2, 0) is 4.74 Å². The van der Waals surface area contributed by atoms with Crippen LogP contribution < -0.4 is 0 Å². The molecule has 20 heavy (non-hydrogen) atoms. The van der Waals surface area contributed by atoms with E-state index >= 15 is 0 Å². The molecule has 112 valence electrons. The van der Waals surface area contributed by atoms with Crippen LogP contribution in [0.15, 0.2) is 24.8 Å². The van der Waals surface area contributed by atoms with E-state index in [2.05, 4.69) is 36.3 Å². The number of hydrogen-bond donors (Lipinski definition) is 1. The molecule has 2 atom stereocenters. The number of ether oxygens (including phenoxy) is 1. The maximum absolute atomic E-state index is 12.0. The highest BCUT2D eigenvalue weighted by molar-refractivity contribution is 7.81. The maximum Gasteiger partial charge on any atom is 0.410 e. The molecule has 2 aliphatic heterocycles. The van der Waals surface area contributed by atoms with Gasteiger partial charge in [0.25, 0.3) is 0 Å². The molecule has 2 rings (SSSR count). The first-order valence-electron chi connectivity index (χ1n) is 7.32. The maximum atomic E-state index is 12.0. The van der Waals surface area contributed by atoms with E-state index in [0.29, 0.717) is 6.54 Å². The summed E-state index contributed by atoms with van der Waals surface area (Å²) in [4.78, 5) is 16.2. The first-order valence-corrected chi connectivity index (χ1v) is 7.83. The zero-order chi connectivity index (χ0) is 14.4. The Balaban J connectivity index is 1.85. The largest absolute Gasteiger partial charge is 0.445 e. The zero-order valence-electron chi connectivity index (χ0n) is 11.9. The van der Waals surface area contributed by atoms with Gasteiger partial charge in [0, 0.05) is 18.3 Å². The third-order valence-electron chi connectivity index (χ3n) is 3.80. The van der Waals surface area contributed by atoms with Gasteiger partial charge >= 0.3 is 6.09 Å². The van der Waals surface area contributed by atoms with E-state index in [0.717, 1.165) is 13.0 Å². The summed E-state index contributed by atoms with van der Waals surface area (Å²) in [5.74, 6) is 0. The lowest BCUT2D eigenvalue weighted by Crippen LogP contribution is -2.35. The molecule has 0 bridgehead atoms. The summed E-state index contributed by atoms with van der Waals surface area (Å²) in [6.07, 6.45) is 9.12. The fourth-order valence-electron chi connectivity index (χ4n) is 2.78. The van der Waals surface area contributed by atoms with Crippen LogP contribution in [0.2, 0.25) is 0 Å². The van der Waals surface area contributed by atoms with Gasteiger partial charge in [-0.05, 0) is 32.4 Å². The molecule has 2 saturated heterocycles. The average molecular weight is 296 g/mol. The van der Waals surface area contributed by atoms with Gasteiger partial charge in [-0.15, -0.1) is 0 Å². The van der Waals surface area contributed by atoms with Crippen LogP contribution in [0.3, 0.4) is 0 Å². The van der Waals surface area contributed by atoms with Crippen molar-refractivity contribution < 1.29 is 9.53 Å². The Morgan fingerprint density at radius 3 is 2.85 bits per heavy atom. The molecule has 2 fully saturated rings. The molecule has 0 saturated carbocycles. The van der Waals surface area contributed by atoms with E-state index in [-0.39, 0.29) is 24.0 Å². The summed E-state index contributed by atoms with van der Waals surface area (Å²) in [6, 6.07) is 0.109. The normalized spacial score (nSPS) is 27.4. The van der Waals surface area contributed by atoms with E-state index in [9.17, 15) is 4.79 Å². The van der Waals surface area contributed by atoms with Crippen molar-refractivity contribution in [2.45, 2.75) is 30.6 Å². The molecule has 5 heteroatoms. The Labute approximate surface area is 126 Å². The highest BCUT2D eigenvalue weighted by Gasteiger charge is 2.32. The van der Waals surface area contributed by atoms with Crippen molar-refractivity contribution in [2.24, 2.45) is 0 Å². The van der Waals surface area contributed by atoms with Crippen LogP contribution in [0.25, 0.3) is 0 Å². The monoisotopic (exact) mass is 296 g/mol. The molecular weight excluding hydrogens is 272 g/mol. The Bertz CT molecular complexity index is 367. The van der Waals surface area contributed by atoms with Crippen LogP contribution in [-0.4, -0.2) is 60.0 Å². The van der Waals surface area contributed by atoms with Crippen LogP contribution >= 0.6 is 12.6 Å². The Hall–Kier alpha value is -0.940. The molecule has 0 aromatic carbocycles. The molecule has 0 aliphatic carbocycles. The van der Waals surface area contributed by atoms with Crippen LogP contribution in [0, 0.1) is 0 Å². The Kier molecular flexibility index (Phi) is 5.98. The van der Waals surface area contributed by atoms with Gasteiger partial charge in [-0.2, -0.15) is 12.6 Å². The quantitative estimate of drug-likeness (QED) is 0.624. The molecule has 0 aromatic rings. The number of likely N-dealkylation sites (tertiary alicyclic amines) is 2. The lowest BCUT2D eigenvalue weighted by Gasteiger charge is -2.21. The fraction of sp³-hybridized carbons (Fsp3) is 0.667. The summed E-state index contributed by atoms with van der Waals surface area (Å²) >= 11 is 4.49. The molecule has 2 unspecified atom stereocenters. The van der Waals surface area contributed by atoms with E-state index in [1.165, 1.54) is 25.9 Å². The van der Waals surface area contributed by atoms with Gasteiger partial charge < -0.3 is 9.64 Å². The second-order valence-electron chi connectivity index (χ2n) is 5.41. The van der Waals surface area contributed by atoms with Crippen LogP contribution in [0.4, 0.5) is 4.79 Å². The lowest BCUT2D eigenvalue weighted by atomic mass is 10.2. The topological polar surface area (TPSA) is 32.8 Å². The van der Waals surface area contributed by atoms with E-state index in [1.807, 2.05) is 0 Å². The Morgan fingerprint density at radius 1 is 1.40 bits per heavy atom. The number of hydrogen-bond acceptors (Lipinski definition) is 4. The molecule has 2 heterocycles. The molecule has 0 radical (unpaired) electrons. The Morgan fingerprint density at radius 2 is 2.15 bits per heavy atom. The summed E-state index contributed by atoms with van der Waals surface area (Å²) in [5.41, 5.74) is 0. The van der Waals surface area contributed by atoms with Crippen molar-refractivity contribution in [1.29, 1.82) is 0 Å². The first kappa shape index (κ1) is 15.4. The molecular formula is C15H24N2O2S. The predicted molar refractivity (Wildman–Crippen MR) is 84.2 cm³/mol. The summed E-state index contributed by atoms with van der Waals surface area (Å²) in [6.45, 7) is 7.82. The standard InChI is InChI=1S/C15H24N2O2S/c1-2-10-19-15(18)17-12-14(20)11-13(17)6-5-9-16-7-3-4-8-16/h2,5-6,13-14,20H,1,3-4,7-12H2. The molecule has 1 amide bonds. The fourth-order valence-corrected chi connectivity index (χ4v) is 3.17. The second-order valence-corrected chi connectivity index (χ2v) is 6.14. The minimum absolute atomic E-state index is 0.109. The molecule has 0 spiro atoms. The van der Waals surface area contributed by atoms with E-state index in [4.69, 9.17) is 4.74 Å². The van der Waals surface area contributed by atoms with Crippen molar-refractivity contribution in [3.63, 3.8) is 0 Å².